The molecule has 1 fully saturated rings. The average molecular weight is 355 g/mol. The first-order valence-electron chi connectivity index (χ1n) is 8.86. The molecule has 2 aromatic carbocycles. The number of rotatable bonds is 6. The van der Waals surface area contributed by atoms with Crippen LogP contribution in [0.5, 0.6) is 5.75 Å². The SMILES string of the molecule is COc1cccc(CCNC(=O)Nc2ccccc2N2CCOCC2)c1. The zero-order valence-electron chi connectivity index (χ0n) is 15.0. The summed E-state index contributed by atoms with van der Waals surface area (Å²) >= 11 is 0. The number of nitrogens with zero attached hydrogens (tertiary/aromatic N) is 1. The molecular weight excluding hydrogens is 330 g/mol. The van der Waals surface area contributed by atoms with Crippen molar-refractivity contribution in [2.45, 2.75) is 6.42 Å². The van der Waals surface area contributed by atoms with Gasteiger partial charge in [-0.25, -0.2) is 4.79 Å². The van der Waals surface area contributed by atoms with Gasteiger partial charge >= 0.3 is 6.03 Å². The molecule has 6 nitrogen and oxygen atoms in total. The molecule has 2 amide bonds. The molecule has 3 rings (SSSR count). The highest BCUT2D eigenvalue weighted by molar-refractivity contribution is 5.93. The van der Waals surface area contributed by atoms with Gasteiger partial charge in [-0.3, -0.25) is 0 Å². The van der Waals surface area contributed by atoms with Crippen molar-refractivity contribution in [3.8, 4) is 5.75 Å². The van der Waals surface area contributed by atoms with Crippen molar-refractivity contribution in [1.29, 1.82) is 0 Å². The molecule has 0 bridgehead atoms. The Balaban J connectivity index is 1.53. The Bertz CT molecular complexity index is 730. The van der Waals surface area contributed by atoms with Crippen LogP contribution in [0.1, 0.15) is 5.56 Å². The van der Waals surface area contributed by atoms with E-state index in [1.165, 1.54) is 0 Å². The van der Waals surface area contributed by atoms with E-state index in [-0.39, 0.29) is 6.03 Å². The van der Waals surface area contributed by atoms with Crippen molar-refractivity contribution in [3.63, 3.8) is 0 Å². The molecule has 6 heteroatoms. The lowest BCUT2D eigenvalue weighted by atomic mass is 10.1. The summed E-state index contributed by atoms with van der Waals surface area (Å²) in [5.41, 5.74) is 2.96. The minimum atomic E-state index is -0.200. The first kappa shape index (κ1) is 18.1. The van der Waals surface area contributed by atoms with Gasteiger partial charge in [-0.15, -0.1) is 0 Å². The first-order chi connectivity index (χ1) is 12.8. The fraction of sp³-hybridized carbons (Fsp3) is 0.350. The van der Waals surface area contributed by atoms with Crippen LogP contribution in [-0.4, -0.2) is 46.0 Å². The van der Waals surface area contributed by atoms with Gasteiger partial charge in [0.1, 0.15) is 5.75 Å². The Hall–Kier alpha value is -2.73. The van der Waals surface area contributed by atoms with E-state index in [1.807, 2.05) is 48.5 Å². The van der Waals surface area contributed by atoms with Gasteiger partial charge in [0.2, 0.25) is 0 Å². The van der Waals surface area contributed by atoms with Crippen molar-refractivity contribution >= 4 is 17.4 Å². The van der Waals surface area contributed by atoms with E-state index in [4.69, 9.17) is 9.47 Å². The van der Waals surface area contributed by atoms with Gasteiger partial charge < -0.3 is 25.0 Å². The second-order valence-electron chi connectivity index (χ2n) is 6.10. The third-order valence-electron chi connectivity index (χ3n) is 4.34. The Morgan fingerprint density at radius 3 is 2.77 bits per heavy atom. The Morgan fingerprint density at radius 2 is 1.96 bits per heavy atom. The lowest BCUT2D eigenvalue weighted by molar-refractivity contribution is 0.123. The quantitative estimate of drug-likeness (QED) is 0.836. The smallest absolute Gasteiger partial charge is 0.319 e. The molecule has 26 heavy (non-hydrogen) atoms. The van der Waals surface area contributed by atoms with Crippen molar-refractivity contribution in [1.82, 2.24) is 5.32 Å². The number of carbonyl (C=O) groups is 1. The predicted molar refractivity (Wildman–Crippen MR) is 103 cm³/mol. The molecular formula is C20H25N3O3. The summed E-state index contributed by atoms with van der Waals surface area (Å²) in [6, 6.07) is 15.5. The summed E-state index contributed by atoms with van der Waals surface area (Å²) in [4.78, 5) is 14.5. The lowest BCUT2D eigenvalue weighted by Gasteiger charge is -2.30. The van der Waals surface area contributed by atoms with Crippen molar-refractivity contribution in [2.75, 3.05) is 50.2 Å². The van der Waals surface area contributed by atoms with Crippen LogP contribution in [0, 0.1) is 0 Å². The van der Waals surface area contributed by atoms with Crippen LogP contribution in [0.4, 0.5) is 16.2 Å². The fourth-order valence-corrected chi connectivity index (χ4v) is 2.97. The van der Waals surface area contributed by atoms with Gasteiger partial charge in [0, 0.05) is 19.6 Å². The molecule has 1 aliphatic heterocycles. The van der Waals surface area contributed by atoms with Gasteiger partial charge in [-0.1, -0.05) is 24.3 Å². The lowest BCUT2D eigenvalue weighted by Crippen LogP contribution is -2.37. The number of anilines is 2. The molecule has 0 aromatic heterocycles. The van der Waals surface area contributed by atoms with Crippen LogP contribution in [0.15, 0.2) is 48.5 Å². The molecule has 1 heterocycles. The van der Waals surface area contributed by atoms with Crippen LogP contribution in [-0.2, 0) is 11.2 Å². The minimum Gasteiger partial charge on any atom is -0.497 e. The summed E-state index contributed by atoms with van der Waals surface area (Å²) in [5.74, 6) is 0.825. The number of ether oxygens (including phenoxy) is 2. The minimum absolute atomic E-state index is 0.200. The number of para-hydroxylation sites is 2. The fourth-order valence-electron chi connectivity index (χ4n) is 2.97. The number of carbonyl (C=O) groups excluding carboxylic acids is 1. The zero-order valence-corrected chi connectivity index (χ0v) is 15.0. The number of benzene rings is 2. The highest BCUT2D eigenvalue weighted by Crippen LogP contribution is 2.26. The molecule has 138 valence electrons. The van der Waals surface area contributed by atoms with Crippen molar-refractivity contribution < 1.29 is 14.3 Å². The summed E-state index contributed by atoms with van der Waals surface area (Å²) in [5, 5.41) is 5.87. The Labute approximate surface area is 154 Å². The molecule has 0 radical (unpaired) electrons. The Morgan fingerprint density at radius 1 is 1.15 bits per heavy atom. The second-order valence-corrected chi connectivity index (χ2v) is 6.10. The summed E-state index contributed by atoms with van der Waals surface area (Å²) in [7, 11) is 1.65. The van der Waals surface area contributed by atoms with Crippen LogP contribution in [0.2, 0.25) is 0 Å². The van der Waals surface area contributed by atoms with E-state index in [0.29, 0.717) is 19.8 Å². The maximum atomic E-state index is 12.3. The van der Waals surface area contributed by atoms with E-state index in [0.717, 1.165) is 42.2 Å². The standard InChI is InChI=1S/C20H25N3O3/c1-25-17-6-4-5-16(15-17)9-10-21-20(24)22-18-7-2-3-8-19(18)23-11-13-26-14-12-23/h2-8,15H,9-14H2,1H3,(H2,21,22,24). The molecule has 0 unspecified atom stereocenters. The number of hydrogen-bond acceptors (Lipinski definition) is 4. The highest BCUT2D eigenvalue weighted by atomic mass is 16.5. The largest absolute Gasteiger partial charge is 0.497 e. The molecule has 1 aliphatic rings. The first-order valence-corrected chi connectivity index (χ1v) is 8.86. The van der Waals surface area contributed by atoms with E-state index in [1.54, 1.807) is 7.11 Å². The van der Waals surface area contributed by atoms with Crippen LogP contribution in [0.3, 0.4) is 0 Å². The third-order valence-corrected chi connectivity index (χ3v) is 4.34. The summed E-state index contributed by atoms with van der Waals surface area (Å²) in [6.07, 6.45) is 0.746. The molecule has 0 saturated carbocycles. The summed E-state index contributed by atoms with van der Waals surface area (Å²) in [6.45, 7) is 3.63. The van der Waals surface area contributed by atoms with E-state index >= 15 is 0 Å². The van der Waals surface area contributed by atoms with Gasteiger partial charge in [-0.2, -0.15) is 0 Å². The van der Waals surface area contributed by atoms with Gasteiger partial charge in [-0.05, 0) is 36.2 Å². The summed E-state index contributed by atoms with van der Waals surface area (Å²) < 4.78 is 10.6. The maximum absolute atomic E-state index is 12.3. The monoisotopic (exact) mass is 355 g/mol. The number of urea groups is 1. The van der Waals surface area contributed by atoms with E-state index in [9.17, 15) is 4.79 Å². The number of morpholine rings is 1. The number of amides is 2. The normalized spacial score (nSPS) is 14.0. The molecule has 0 spiro atoms. The number of methoxy groups -OCH3 is 1. The molecule has 1 saturated heterocycles. The second kappa shape index (κ2) is 9.10. The van der Waals surface area contributed by atoms with Crippen molar-refractivity contribution in [3.05, 3.63) is 54.1 Å². The maximum Gasteiger partial charge on any atom is 0.319 e. The van der Waals surface area contributed by atoms with E-state index in [2.05, 4.69) is 15.5 Å². The average Bonchev–Trinajstić information content (AvgIpc) is 2.69. The van der Waals surface area contributed by atoms with Crippen LogP contribution < -0.4 is 20.3 Å². The Kier molecular flexibility index (Phi) is 6.33. The van der Waals surface area contributed by atoms with Gasteiger partial charge in [0.15, 0.2) is 0 Å². The zero-order chi connectivity index (χ0) is 18.2. The molecule has 0 atom stereocenters. The van der Waals surface area contributed by atoms with Gasteiger partial charge in [0.05, 0.1) is 31.7 Å². The van der Waals surface area contributed by atoms with E-state index < -0.39 is 0 Å². The highest BCUT2D eigenvalue weighted by Gasteiger charge is 2.15. The molecule has 2 aromatic rings. The van der Waals surface area contributed by atoms with Crippen LogP contribution in [0.25, 0.3) is 0 Å². The molecule has 2 N–H and O–H groups in total. The third kappa shape index (κ3) is 4.89. The number of nitrogens with one attached hydrogen (secondary N) is 2. The van der Waals surface area contributed by atoms with Crippen molar-refractivity contribution in [2.24, 2.45) is 0 Å². The van der Waals surface area contributed by atoms with Crippen LogP contribution >= 0.6 is 0 Å². The number of hydrogen-bond donors (Lipinski definition) is 2. The molecule has 0 aliphatic carbocycles. The topological polar surface area (TPSA) is 62.8 Å². The van der Waals surface area contributed by atoms with Gasteiger partial charge in [0.25, 0.3) is 0 Å². The predicted octanol–water partition coefficient (Wildman–Crippen LogP) is 2.90.